The van der Waals surface area contributed by atoms with Gasteiger partial charge in [0.05, 0.1) is 0 Å². The molecule has 0 aliphatic rings. The van der Waals surface area contributed by atoms with Crippen molar-refractivity contribution in [3.63, 3.8) is 0 Å². The number of benzene rings is 2. The van der Waals surface area contributed by atoms with Gasteiger partial charge in [-0.1, -0.05) is 48.5 Å². The molecule has 2 heterocycles. The first-order valence-electron chi connectivity index (χ1n) is 7.17. The molecule has 0 spiro atoms. The summed E-state index contributed by atoms with van der Waals surface area (Å²) in [5.74, 6) is 0. The molecule has 4 rings (SSSR count). The smallest absolute Gasteiger partial charge is 0.0489 e. The summed E-state index contributed by atoms with van der Waals surface area (Å²) in [5.41, 5.74) is 5.11. The molecule has 102 valence electrons. The minimum absolute atomic E-state index is 0.895. The summed E-state index contributed by atoms with van der Waals surface area (Å²) in [7, 11) is 0. The Labute approximate surface area is 123 Å². The van der Waals surface area contributed by atoms with E-state index in [4.69, 9.17) is 0 Å². The maximum absolute atomic E-state index is 3.14. The second-order valence-electron chi connectivity index (χ2n) is 5.27. The Morgan fingerprint density at radius 1 is 0.857 bits per heavy atom. The fraction of sp³-hybridized carbons (Fsp3) is 0.0526. The van der Waals surface area contributed by atoms with E-state index in [0.717, 1.165) is 6.54 Å². The van der Waals surface area contributed by atoms with Crippen LogP contribution in [0.4, 0.5) is 0 Å². The highest BCUT2D eigenvalue weighted by atomic mass is 15.0. The van der Waals surface area contributed by atoms with Crippen molar-refractivity contribution < 1.29 is 0 Å². The van der Waals surface area contributed by atoms with E-state index in [1.165, 1.54) is 27.6 Å². The minimum Gasteiger partial charge on any atom is -0.367 e. The van der Waals surface area contributed by atoms with Gasteiger partial charge in [0.2, 0.25) is 0 Å². The first-order valence-corrected chi connectivity index (χ1v) is 7.17. The van der Waals surface area contributed by atoms with Crippen LogP contribution in [-0.4, -0.2) is 9.55 Å². The van der Waals surface area contributed by atoms with E-state index < -0.39 is 0 Å². The molecule has 2 nitrogen and oxygen atoms in total. The quantitative estimate of drug-likeness (QED) is 0.559. The van der Waals surface area contributed by atoms with Crippen molar-refractivity contribution in [1.29, 1.82) is 0 Å². The van der Waals surface area contributed by atoms with E-state index in [0.29, 0.717) is 0 Å². The third-order valence-electron chi connectivity index (χ3n) is 3.89. The highest BCUT2D eigenvalue weighted by Crippen LogP contribution is 2.30. The minimum atomic E-state index is 0.895. The van der Waals surface area contributed by atoms with Crippen LogP contribution in [0.25, 0.3) is 22.0 Å². The van der Waals surface area contributed by atoms with Crippen molar-refractivity contribution in [2.24, 2.45) is 0 Å². The van der Waals surface area contributed by atoms with Gasteiger partial charge in [-0.25, -0.2) is 0 Å². The second kappa shape index (κ2) is 4.98. The highest BCUT2D eigenvalue weighted by molar-refractivity contribution is 5.96. The maximum Gasteiger partial charge on any atom is 0.0489 e. The molecule has 21 heavy (non-hydrogen) atoms. The van der Waals surface area contributed by atoms with Crippen LogP contribution in [0.3, 0.4) is 0 Å². The lowest BCUT2D eigenvalue weighted by Crippen LogP contribution is -1.97. The number of para-hydroxylation sites is 1. The zero-order valence-corrected chi connectivity index (χ0v) is 11.7. The molecule has 0 saturated heterocycles. The third kappa shape index (κ3) is 2.15. The van der Waals surface area contributed by atoms with E-state index in [9.17, 15) is 0 Å². The molecule has 2 aromatic carbocycles. The van der Waals surface area contributed by atoms with Crippen LogP contribution in [0.1, 0.15) is 5.56 Å². The standard InChI is InChI=1S/C19H16N2/c1-2-6-15(7-3-1)13-21-14-18(16-10-11-20-12-16)17-8-4-5-9-19(17)21/h1-12,14,20H,13H2. The van der Waals surface area contributed by atoms with E-state index in [2.05, 4.69) is 82.6 Å². The molecule has 4 aromatic rings. The third-order valence-corrected chi connectivity index (χ3v) is 3.89. The summed E-state index contributed by atoms with van der Waals surface area (Å²) in [6.07, 6.45) is 6.27. The van der Waals surface area contributed by atoms with Gasteiger partial charge in [0, 0.05) is 47.2 Å². The zero-order chi connectivity index (χ0) is 14.1. The molecule has 1 N–H and O–H groups in total. The normalized spacial score (nSPS) is 11.0. The van der Waals surface area contributed by atoms with E-state index in [-0.39, 0.29) is 0 Å². The van der Waals surface area contributed by atoms with Gasteiger partial charge in [-0.05, 0) is 17.7 Å². The van der Waals surface area contributed by atoms with E-state index in [1.807, 2.05) is 6.20 Å². The predicted molar refractivity (Wildman–Crippen MR) is 87.3 cm³/mol. The van der Waals surface area contributed by atoms with Crippen LogP contribution >= 0.6 is 0 Å². The van der Waals surface area contributed by atoms with Gasteiger partial charge >= 0.3 is 0 Å². The number of rotatable bonds is 3. The second-order valence-corrected chi connectivity index (χ2v) is 5.27. The molecule has 2 heteroatoms. The number of aromatic amines is 1. The largest absolute Gasteiger partial charge is 0.367 e. The van der Waals surface area contributed by atoms with Gasteiger partial charge in [0.15, 0.2) is 0 Å². The molecule has 0 bridgehead atoms. The van der Waals surface area contributed by atoms with Gasteiger partial charge in [-0.3, -0.25) is 0 Å². The summed E-state index contributed by atoms with van der Waals surface area (Å²) < 4.78 is 2.33. The van der Waals surface area contributed by atoms with Crippen LogP contribution < -0.4 is 0 Å². The van der Waals surface area contributed by atoms with Crippen molar-refractivity contribution in [3.8, 4) is 11.1 Å². The summed E-state index contributed by atoms with van der Waals surface area (Å²) in [4.78, 5) is 3.14. The number of fused-ring (bicyclic) bond motifs is 1. The Balaban J connectivity index is 1.86. The SMILES string of the molecule is c1ccc(Cn2cc(-c3cc[nH]c3)c3ccccc32)cc1. The summed E-state index contributed by atoms with van der Waals surface area (Å²) in [5, 5.41) is 1.30. The molecule has 0 aliphatic carbocycles. The number of nitrogens with zero attached hydrogens (tertiary/aromatic N) is 1. The molecule has 2 aromatic heterocycles. The lowest BCUT2D eigenvalue weighted by molar-refractivity contribution is 0.837. The number of hydrogen-bond donors (Lipinski definition) is 1. The Bertz CT molecular complexity index is 855. The fourth-order valence-corrected chi connectivity index (χ4v) is 2.88. The molecule has 0 aliphatic heterocycles. The molecule has 0 atom stereocenters. The van der Waals surface area contributed by atoms with Crippen LogP contribution in [0, 0.1) is 0 Å². The van der Waals surface area contributed by atoms with Crippen LogP contribution in [0.5, 0.6) is 0 Å². The number of H-pyrrole nitrogens is 1. The van der Waals surface area contributed by atoms with Crippen molar-refractivity contribution in [3.05, 3.63) is 84.8 Å². The van der Waals surface area contributed by atoms with E-state index >= 15 is 0 Å². The molecular formula is C19H16N2. The Kier molecular flexibility index (Phi) is 2.86. The Morgan fingerprint density at radius 2 is 1.67 bits per heavy atom. The average Bonchev–Trinajstić information content (AvgIpc) is 3.17. The number of aromatic nitrogens is 2. The topological polar surface area (TPSA) is 20.7 Å². The fourth-order valence-electron chi connectivity index (χ4n) is 2.88. The molecule has 0 amide bonds. The van der Waals surface area contributed by atoms with Crippen molar-refractivity contribution in [2.75, 3.05) is 0 Å². The first kappa shape index (κ1) is 12.0. The monoisotopic (exact) mass is 272 g/mol. The van der Waals surface area contributed by atoms with Crippen molar-refractivity contribution in [2.45, 2.75) is 6.54 Å². The maximum atomic E-state index is 3.14. The number of nitrogens with one attached hydrogen (secondary N) is 1. The van der Waals surface area contributed by atoms with Crippen LogP contribution in [-0.2, 0) is 6.54 Å². The molecule has 0 unspecified atom stereocenters. The lowest BCUT2D eigenvalue weighted by atomic mass is 10.1. The molecular weight excluding hydrogens is 256 g/mol. The summed E-state index contributed by atoms with van der Waals surface area (Å²) in [6.45, 7) is 0.895. The molecule has 0 fully saturated rings. The Morgan fingerprint density at radius 3 is 2.48 bits per heavy atom. The average molecular weight is 272 g/mol. The van der Waals surface area contributed by atoms with Crippen molar-refractivity contribution >= 4 is 10.9 Å². The summed E-state index contributed by atoms with van der Waals surface area (Å²) >= 11 is 0. The van der Waals surface area contributed by atoms with Gasteiger partial charge < -0.3 is 9.55 Å². The molecule has 0 saturated carbocycles. The van der Waals surface area contributed by atoms with Crippen LogP contribution in [0.2, 0.25) is 0 Å². The summed E-state index contributed by atoms with van der Waals surface area (Å²) in [6, 6.07) is 21.3. The van der Waals surface area contributed by atoms with E-state index in [1.54, 1.807) is 0 Å². The van der Waals surface area contributed by atoms with Gasteiger partial charge in [0.25, 0.3) is 0 Å². The number of hydrogen-bond acceptors (Lipinski definition) is 0. The van der Waals surface area contributed by atoms with Gasteiger partial charge in [-0.2, -0.15) is 0 Å². The predicted octanol–water partition coefficient (Wildman–Crippen LogP) is 4.68. The lowest BCUT2D eigenvalue weighted by Gasteiger charge is -2.05. The first-order chi connectivity index (χ1) is 10.4. The van der Waals surface area contributed by atoms with Crippen molar-refractivity contribution in [1.82, 2.24) is 9.55 Å². The molecule has 0 radical (unpaired) electrons. The zero-order valence-electron chi connectivity index (χ0n) is 11.7. The Hall–Kier alpha value is -2.74. The van der Waals surface area contributed by atoms with Crippen LogP contribution in [0.15, 0.2) is 79.3 Å². The highest BCUT2D eigenvalue weighted by Gasteiger charge is 2.10. The van der Waals surface area contributed by atoms with Gasteiger partial charge in [0.1, 0.15) is 0 Å². The van der Waals surface area contributed by atoms with Gasteiger partial charge in [-0.15, -0.1) is 0 Å².